The molecule has 0 aromatic heterocycles. The van der Waals surface area contributed by atoms with Crippen LogP contribution in [0.1, 0.15) is 5.56 Å². The molecule has 2 N–H and O–H groups in total. The number of methoxy groups -OCH3 is 1. The van der Waals surface area contributed by atoms with Crippen LogP contribution >= 0.6 is 11.8 Å². The number of ether oxygens (including phenoxy) is 1. The third-order valence-electron chi connectivity index (χ3n) is 2.43. The first-order chi connectivity index (χ1) is 8.10. The molecule has 1 unspecified atom stereocenters. The summed E-state index contributed by atoms with van der Waals surface area (Å²) in [7, 11) is 1.47. The second-order valence-electron chi connectivity index (χ2n) is 3.59. The minimum Gasteiger partial charge on any atom is -0.504 e. The number of benzene rings is 1. The van der Waals surface area contributed by atoms with Gasteiger partial charge in [-0.15, -0.1) is 0 Å². The number of imide groups is 1. The summed E-state index contributed by atoms with van der Waals surface area (Å²) in [6.45, 7) is 0. The highest BCUT2D eigenvalue weighted by Gasteiger charge is 2.31. The number of amides is 2. The highest BCUT2D eigenvalue weighted by Crippen LogP contribution is 2.29. The van der Waals surface area contributed by atoms with E-state index >= 15 is 0 Å². The van der Waals surface area contributed by atoms with E-state index in [1.165, 1.54) is 13.2 Å². The third kappa shape index (κ3) is 2.52. The van der Waals surface area contributed by atoms with Gasteiger partial charge in [0.15, 0.2) is 11.5 Å². The maximum absolute atomic E-state index is 11.4. The molecule has 0 saturated carbocycles. The van der Waals surface area contributed by atoms with Crippen molar-refractivity contribution in [2.45, 2.75) is 11.7 Å². The molecule has 1 fully saturated rings. The number of hydrogen-bond donors (Lipinski definition) is 2. The molecule has 6 heteroatoms. The van der Waals surface area contributed by atoms with Crippen molar-refractivity contribution in [3.63, 3.8) is 0 Å². The molecule has 1 aromatic rings. The van der Waals surface area contributed by atoms with Gasteiger partial charge in [-0.2, -0.15) is 0 Å². The van der Waals surface area contributed by atoms with Crippen LogP contribution in [0.3, 0.4) is 0 Å². The fourth-order valence-corrected chi connectivity index (χ4v) is 2.46. The summed E-state index contributed by atoms with van der Waals surface area (Å²) in [5.41, 5.74) is 0.783. The zero-order valence-electron chi connectivity index (χ0n) is 9.10. The Morgan fingerprint density at radius 3 is 2.76 bits per heavy atom. The van der Waals surface area contributed by atoms with Gasteiger partial charge in [0, 0.05) is 0 Å². The van der Waals surface area contributed by atoms with Gasteiger partial charge in [-0.3, -0.25) is 14.9 Å². The molecular formula is C11H11NO4S. The molecule has 2 rings (SSSR count). The summed E-state index contributed by atoms with van der Waals surface area (Å²) in [6, 6.07) is 4.93. The SMILES string of the molecule is COc1ccc(CC2SC(=O)NC2=O)cc1O. The summed E-state index contributed by atoms with van der Waals surface area (Å²) in [6.07, 6.45) is 0.403. The average molecular weight is 253 g/mol. The van der Waals surface area contributed by atoms with E-state index in [2.05, 4.69) is 5.32 Å². The fraction of sp³-hybridized carbons (Fsp3) is 0.273. The van der Waals surface area contributed by atoms with Crippen LogP contribution in [-0.4, -0.2) is 28.6 Å². The van der Waals surface area contributed by atoms with E-state index in [0.29, 0.717) is 12.2 Å². The van der Waals surface area contributed by atoms with Gasteiger partial charge >= 0.3 is 0 Å². The molecule has 0 bridgehead atoms. The predicted octanol–water partition coefficient (Wildman–Crippen LogP) is 1.29. The maximum atomic E-state index is 11.4. The third-order valence-corrected chi connectivity index (χ3v) is 3.41. The number of rotatable bonds is 3. The number of nitrogens with one attached hydrogen (secondary N) is 1. The van der Waals surface area contributed by atoms with Crippen LogP contribution < -0.4 is 10.1 Å². The first-order valence-corrected chi connectivity index (χ1v) is 5.85. The lowest BCUT2D eigenvalue weighted by Gasteiger charge is -2.08. The zero-order chi connectivity index (χ0) is 12.4. The first kappa shape index (κ1) is 11.8. The normalized spacial score (nSPS) is 19.2. The Balaban J connectivity index is 2.11. The van der Waals surface area contributed by atoms with Crippen molar-refractivity contribution in [1.29, 1.82) is 0 Å². The Kier molecular flexibility index (Phi) is 3.23. The minimum atomic E-state index is -0.421. The van der Waals surface area contributed by atoms with E-state index in [-0.39, 0.29) is 16.9 Å². The lowest BCUT2D eigenvalue weighted by molar-refractivity contribution is -0.118. The molecule has 2 amide bonds. The van der Waals surface area contributed by atoms with Crippen molar-refractivity contribution >= 4 is 22.9 Å². The van der Waals surface area contributed by atoms with Crippen LogP contribution in [0.25, 0.3) is 0 Å². The predicted molar refractivity (Wildman–Crippen MR) is 63.3 cm³/mol. The first-order valence-electron chi connectivity index (χ1n) is 4.97. The number of aromatic hydroxyl groups is 1. The van der Waals surface area contributed by atoms with Crippen LogP contribution in [0.4, 0.5) is 4.79 Å². The molecule has 17 heavy (non-hydrogen) atoms. The minimum absolute atomic E-state index is 0.0275. The van der Waals surface area contributed by atoms with E-state index in [0.717, 1.165) is 17.3 Å². The van der Waals surface area contributed by atoms with E-state index in [1.54, 1.807) is 12.1 Å². The smallest absolute Gasteiger partial charge is 0.286 e. The molecule has 1 aliphatic heterocycles. The molecular weight excluding hydrogens is 242 g/mol. The average Bonchev–Trinajstić information content (AvgIpc) is 2.58. The Bertz CT molecular complexity index is 475. The lowest BCUT2D eigenvalue weighted by Crippen LogP contribution is -2.25. The number of phenolic OH excluding ortho intramolecular Hbond substituents is 1. The van der Waals surface area contributed by atoms with Gasteiger partial charge in [0.2, 0.25) is 5.91 Å². The Morgan fingerprint density at radius 2 is 2.24 bits per heavy atom. The van der Waals surface area contributed by atoms with Crippen molar-refractivity contribution in [3.8, 4) is 11.5 Å². The van der Waals surface area contributed by atoms with Crippen molar-refractivity contribution in [3.05, 3.63) is 23.8 Å². The zero-order valence-corrected chi connectivity index (χ0v) is 9.91. The fourth-order valence-electron chi connectivity index (χ4n) is 1.60. The molecule has 0 spiro atoms. The molecule has 1 heterocycles. The van der Waals surface area contributed by atoms with Crippen LogP contribution in [-0.2, 0) is 11.2 Å². The van der Waals surface area contributed by atoms with E-state index < -0.39 is 5.25 Å². The second kappa shape index (κ2) is 4.67. The Morgan fingerprint density at radius 1 is 1.47 bits per heavy atom. The number of phenols is 1. The number of carbonyl (C=O) groups is 2. The van der Waals surface area contributed by atoms with Gasteiger partial charge in [0.1, 0.15) is 0 Å². The summed E-state index contributed by atoms with van der Waals surface area (Å²) in [5.74, 6) is 0.128. The van der Waals surface area contributed by atoms with Crippen molar-refractivity contribution in [2.75, 3.05) is 7.11 Å². The lowest BCUT2D eigenvalue weighted by atomic mass is 10.1. The van der Waals surface area contributed by atoms with Crippen LogP contribution in [0.5, 0.6) is 11.5 Å². The van der Waals surface area contributed by atoms with E-state index in [4.69, 9.17) is 4.74 Å². The van der Waals surface area contributed by atoms with Gasteiger partial charge in [-0.05, 0) is 24.1 Å². The maximum Gasteiger partial charge on any atom is 0.286 e. The molecule has 1 atom stereocenters. The molecule has 1 aliphatic rings. The van der Waals surface area contributed by atoms with Gasteiger partial charge in [0.05, 0.1) is 12.4 Å². The number of hydrogen-bond acceptors (Lipinski definition) is 5. The topological polar surface area (TPSA) is 75.6 Å². The van der Waals surface area contributed by atoms with Crippen molar-refractivity contribution < 1.29 is 19.4 Å². The van der Waals surface area contributed by atoms with Gasteiger partial charge in [-0.1, -0.05) is 17.8 Å². The van der Waals surface area contributed by atoms with E-state index in [1.807, 2.05) is 0 Å². The second-order valence-corrected chi connectivity index (χ2v) is 4.77. The largest absolute Gasteiger partial charge is 0.504 e. The van der Waals surface area contributed by atoms with E-state index in [9.17, 15) is 14.7 Å². The van der Waals surface area contributed by atoms with Gasteiger partial charge in [0.25, 0.3) is 5.24 Å². The Labute approximate surface area is 102 Å². The Hall–Kier alpha value is -1.69. The van der Waals surface area contributed by atoms with Gasteiger partial charge in [-0.25, -0.2) is 0 Å². The standard InChI is InChI=1S/C11H11NO4S/c1-16-8-3-2-6(4-7(8)13)5-9-10(14)12-11(15)17-9/h2-4,9,13H,5H2,1H3,(H,12,14,15). The summed E-state index contributed by atoms with van der Waals surface area (Å²) in [5, 5.41) is 11.1. The monoisotopic (exact) mass is 253 g/mol. The van der Waals surface area contributed by atoms with Crippen LogP contribution in [0.15, 0.2) is 18.2 Å². The van der Waals surface area contributed by atoms with Crippen molar-refractivity contribution in [1.82, 2.24) is 5.32 Å². The van der Waals surface area contributed by atoms with Crippen LogP contribution in [0, 0.1) is 0 Å². The highest BCUT2D eigenvalue weighted by atomic mass is 32.2. The summed E-state index contributed by atoms with van der Waals surface area (Å²) >= 11 is 0.972. The van der Waals surface area contributed by atoms with Crippen LogP contribution in [0.2, 0.25) is 0 Å². The summed E-state index contributed by atoms with van der Waals surface area (Å²) < 4.78 is 4.92. The molecule has 90 valence electrons. The molecule has 5 nitrogen and oxygen atoms in total. The molecule has 1 aromatic carbocycles. The molecule has 0 radical (unpaired) electrons. The van der Waals surface area contributed by atoms with Gasteiger partial charge < -0.3 is 9.84 Å². The van der Waals surface area contributed by atoms with Crippen molar-refractivity contribution in [2.24, 2.45) is 0 Å². The number of thioether (sulfide) groups is 1. The molecule has 1 saturated heterocycles. The number of carbonyl (C=O) groups excluding carboxylic acids is 2. The summed E-state index contributed by atoms with van der Waals surface area (Å²) in [4.78, 5) is 22.3. The highest BCUT2D eigenvalue weighted by molar-refractivity contribution is 8.15. The molecule has 0 aliphatic carbocycles. The quantitative estimate of drug-likeness (QED) is 0.849.